The fourth-order valence-corrected chi connectivity index (χ4v) is 3.24. The number of hydrogen-bond acceptors (Lipinski definition) is 7. The molecule has 0 aliphatic heterocycles. The van der Waals surface area contributed by atoms with E-state index in [0.29, 0.717) is 32.8 Å². The zero-order valence-corrected chi connectivity index (χ0v) is 22.4. The van der Waals surface area contributed by atoms with E-state index in [-0.39, 0.29) is 0 Å². The Morgan fingerprint density at radius 2 is 1.23 bits per heavy atom. The van der Waals surface area contributed by atoms with E-state index in [4.69, 9.17) is 34.1 Å². The summed E-state index contributed by atoms with van der Waals surface area (Å²) in [5, 5.41) is 0. The summed E-state index contributed by atoms with van der Waals surface area (Å²) in [6, 6.07) is 8.03. The van der Waals surface area contributed by atoms with Crippen molar-refractivity contribution in [3.8, 4) is 0 Å². The van der Waals surface area contributed by atoms with Crippen LogP contribution in [0, 0.1) is 0 Å². The molecule has 1 aromatic carbocycles. The minimum atomic E-state index is -1.82. The Balaban J connectivity index is 3.06. The topological polar surface area (TPSA) is 64.6 Å². The Morgan fingerprint density at radius 3 is 1.71 bits per heavy atom. The van der Waals surface area contributed by atoms with E-state index in [1.165, 1.54) is 25.7 Å². The Kier molecular flexibility index (Phi) is 18.9. The summed E-state index contributed by atoms with van der Waals surface area (Å²) < 4.78 is 6.35. The first-order chi connectivity index (χ1) is 17.2. The van der Waals surface area contributed by atoms with Gasteiger partial charge in [-0.3, -0.25) is 0 Å². The van der Waals surface area contributed by atoms with Gasteiger partial charge in [-0.15, -0.1) is 0 Å². The molecule has 0 aliphatic carbocycles. The highest BCUT2D eigenvalue weighted by atomic mass is 17.4. The standard InChI is InChI=1S/C28H48O7/c1-6-11-12-13-14-15-16-27(29-24-26-19-17-25(10-5)18-20-26)28(33-30-21-7-2,34-31-22-8-3)35-32-23-9-4/h10,17-20,27H,5-9,11-16,21-24H2,1-4H3. The van der Waals surface area contributed by atoms with Gasteiger partial charge in [-0.2, -0.15) is 14.7 Å². The van der Waals surface area contributed by atoms with Crippen LogP contribution < -0.4 is 0 Å². The average molecular weight is 497 g/mol. The van der Waals surface area contributed by atoms with Crippen molar-refractivity contribution in [3.05, 3.63) is 42.0 Å². The maximum absolute atomic E-state index is 6.35. The summed E-state index contributed by atoms with van der Waals surface area (Å²) in [5.41, 5.74) is 2.06. The largest absolute Gasteiger partial charge is 0.390 e. The Morgan fingerprint density at radius 1 is 0.714 bits per heavy atom. The Labute approximate surface area is 212 Å². The highest BCUT2D eigenvalue weighted by Gasteiger charge is 2.49. The normalized spacial score (nSPS) is 12.7. The molecule has 1 aromatic rings. The predicted molar refractivity (Wildman–Crippen MR) is 138 cm³/mol. The first-order valence-electron chi connectivity index (χ1n) is 13.4. The molecule has 7 nitrogen and oxygen atoms in total. The molecule has 0 saturated carbocycles. The third-order valence-electron chi connectivity index (χ3n) is 5.27. The lowest BCUT2D eigenvalue weighted by Gasteiger charge is -2.35. The number of benzene rings is 1. The van der Waals surface area contributed by atoms with Gasteiger partial charge in [0.05, 0.1) is 26.4 Å². The van der Waals surface area contributed by atoms with E-state index in [2.05, 4.69) is 13.5 Å². The predicted octanol–water partition coefficient (Wildman–Crippen LogP) is 7.69. The fraction of sp³-hybridized carbons (Fsp3) is 0.714. The minimum absolute atomic E-state index is 0.338. The van der Waals surface area contributed by atoms with Crippen molar-refractivity contribution >= 4 is 6.08 Å². The van der Waals surface area contributed by atoms with Crippen LogP contribution in [0.25, 0.3) is 6.08 Å². The van der Waals surface area contributed by atoms with Crippen molar-refractivity contribution in [1.29, 1.82) is 0 Å². The van der Waals surface area contributed by atoms with Crippen LogP contribution in [0.1, 0.15) is 103 Å². The molecule has 35 heavy (non-hydrogen) atoms. The molecule has 0 aliphatic rings. The molecule has 1 rings (SSSR count). The van der Waals surface area contributed by atoms with Gasteiger partial charge in [-0.25, -0.2) is 14.7 Å². The molecular weight excluding hydrogens is 448 g/mol. The third kappa shape index (κ3) is 13.5. The van der Waals surface area contributed by atoms with Gasteiger partial charge in [-0.05, 0) is 36.8 Å². The van der Waals surface area contributed by atoms with E-state index in [1.54, 1.807) is 0 Å². The van der Waals surface area contributed by atoms with Crippen LogP contribution in [-0.2, 0) is 40.7 Å². The maximum atomic E-state index is 6.35. The zero-order valence-electron chi connectivity index (χ0n) is 22.4. The van der Waals surface area contributed by atoms with Gasteiger partial charge in [0.15, 0.2) is 0 Å². The van der Waals surface area contributed by atoms with Crippen LogP contribution in [0.3, 0.4) is 0 Å². The molecule has 0 spiro atoms. The molecule has 0 aromatic heterocycles. The van der Waals surface area contributed by atoms with E-state index in [1.807, 2.05) is 51.1 Å². The minimum Gasteiger partial charge on any atom is -0.365 e. The Hall–Kier alpha value is -1.32. The highest BCUT2D eigenvalue weighted by Crippen LogP contribution is 2.30. The molecule has 7 heteroatoms. The van der Waals surface area contributed by atoms with E-state index in [9.17, 15) is 0 Å². The second-order valence-electron chi connectivity index (χ2n) is 8.62. The van der Waals surface area contributed by atoms with Crippen molar-refractivity contribution in [3.63, 3.8) is 0 Å². The van der Waals surface area contributed by atoms with Crippen molar-refractivity contribution < 1.29 is 34.1 Å². The van der Waals surface area contributed by atoms with Gasteiger partial charge in [-0.1, -0.05) is 103 Å². The molecule has 0 N–H and O–H groups in total. The molecule has 1 atom stereocenters. The van der Waals surface area contributed by atoms with Crippen LogP contribution in [0.5, 0.6) is 0 Å². The van der Waals surface area contributed by atoms with Gasteiger partial charge in [0, 0.05) is 0 Å². The zero-order chi connectivity index (χ0) is 25.6. The second kappa shape index (κ2) is 20.8. The highest BCUT2D eigenvalue weighted by molar-refractivity contribution is 5.47. The number of unbranched alkanes of at least 4 members (excludes halogenated alkanes) is 5. The molecule has 0 heterocycles. The first-order valence-corrected chi connectivity index (χ1v) is 13.4. The van der Waals surface area contributed by atoms with Gasteiger partial charge in [0.2, 0.25) is 0 Å². The molecule has 202 valence electrons. The van der Waals surface area contributed by atoms with Gasteiger partial charge in [0.1, 0.15) is 6.10 Å². The van der Waals surface area contributed by atoms with Crippen LogP contribution in [0.2, 0.25) is 0 Å². The lowest BCUT2D eigenvalue weighted by atomic mass is 10.1. The van der Waals surface area contributed by atoms with E-state index < -0.39 is 12.1 Å². The van der Waals surface area contributed by atoms with E-state index in [0.717, 1.165) is 43.2 Å². The van der Waals surface area contributed by atoms with Crippen LogP contribution in [-0.4, -0.2) is 31.9 Å². The fourth-order valence-electron chi connectivity index (χ4n) is 3.24. The molecule has 1 unspecified atom stereocenters. The summed E-state index contributed by atoms with van der Waals surface area (Å²) in [6.45, 7) is 13.4. The second-order valence-corrected chi connectivity index (χ2v) is 8.62. The molecule has 0 amide bonds. The van der Waals surface area contributed by atoms with Crippen molar-refractivity contribution in [2.75, 3.05) is 19.8 Å². The summed E-state index contributed by atoms with van der Waals surface area (Å²) in [7, 11) is 0. The summed E-state index contributed by atoms with van der Waals surface area (Å²) in [6.07, 6.45) is 10.9. The average Bonchev–Trinajstić information content (AvgIpc) is 2.88. The van der Waals surface area contributed by atoms with Crippen LogP contribution >= 0.6 is 0 Å². The van der Waals surface area contributed by atoms with Crippen molar-refractivity contribution in [2.24, 2.45) is 0 Å². The molecular formula is C28H48O7. The molecule has 0 saturated heterocycles. The van der Waals surface area contributed by atoms with Gasteiger partial charge >= 0.3 is 5.97 Å². The van der Waals surface area contributed by atoms with Gasteiger partial charge in [0.25, 0.3) is 0 Å². The van der Waals surface area contributed by atoms with Crippen LogP contribution in [0.4, 0.5) is 0 Å². The summed E-state index contributed by atoms with van der Waals surface area (Å²) in [4.78, 5) is 33.4. The number of ether oxygens (including phenoxy) is 1. The summed E-state index contributed by atoms with van der Waals surface area (Å²) >= 11 is 0. The monoisotopic (exact) mass is 496 g/mol. The summed E-state index contributed by atoms with van der Waals surface area (Å²) in [5.74, 6) is -1.82. The third-order valence-corrected chi connectivity index (χ3v) is 5.27. The number of hydrogen-bond donors (Lipinski definition) is 0. The maximum Gasteiger partial charge on any atom is 0.390 e. The SMILES string of the molecule is C=Cc1ccc(COC(CCCCCCCC)C(OOCCC)(OOCCC)OOCCC)cc1. The Bertz CT molecular complexity index is 594. The van der Waals surface area contributed by atoms with Crippen molar-refractivity contribution in [2.45, 2.75) is 111 Å². The number of rotatable bonds is 24. The first kappa shape index (κ1) is 31.7. The van der Waals surface area contributed by atoms with E-state index >= 15 is 0 Å². The molecule has 0 radical (unpaired) electrons. The van der Waals surface area contributed by atoms with Gasteiger partial charge < -0.3 is 4.74 Å². The van der Waals surface area contributed by atoms with Crippen molar-refractivity contribution in [1.82, 2.24) is 0 Å². The lowest BCUT2D eigenvalue weighted by Crippen LogP contribution is -2.51. The quantitative estimate of drug-likeness (QED) is 0.0629. The van der Waals surface area contributed by atoms with Crippen LogP contribution in [0.15, 0.2) is 30.8 Å². The lowest BCUT2D eigenvalue weighted by molar-refractivity contribution is -0.646. The molecule has 0 fully saturated rings. The molecule has 0 bridgehead atoms. The smallest absolute Gasteiger partial charge is 0.365 e.